The van der Waals surface area contributed by atoms with E-state index in [9.17, 15) is 27.6 Å². The number of ether oxygens (including phenoxy) is 2. The van der Waals surface area contributed by atoms with E-state index in [1.54, 1.807) is 60.6 Å². The van der Waals surface area contributed by atoms with Gasteiger partial charge in [-0.15, -0.1) is 10.5 Å². The van der Waals surface area contributed by atoms with Crippen LogP contribution < -0.4 is 26.4 Å². The summed E-state index contributed by atoms with van der Waals surface area (Å²) in [5, 5.41) is 4.88. The van der Waals surface area contributed by atoms with Gasteiger partial charge in [0.05, 0.1) is 4.90 Å². The lowest BCUT2D eigenvalue weighted by molar-refractivity contribution is -0.816. The molecule has 0 atom stereocenters. The number of aryl methyl sites for hydroxylation is 2. The minimum absolute atomic E-state index is 0.00948. The van der Waals surface area contributed by atoms with Crippen molar-refractivity contribution in [2.24, 2.45) is 4.99 Å². The van der Waals surface area contributed by atoms with Gasteiger partial charge in [0.1, 0.15) is 30.0 Å². The first-order valence-corrected chi connectivity index (χ1v) is 15.1. The van der Waals surface area contributed by atoms with E-state index in [2.05, 4.69) is 20.3 Å². The molecule has 0 aliphatic carbocycles. The van der Waals surface area contributed by atoms with Gasteiger partial charge in [0, 0.05) is 12.2 Å². The summed E-state index contributed by atoms with van der Waals surface area (Å²) < 4.78 is 39.2. The quantitative estimate of drug-likeness (QED) is 0.137. The number of pyridine rings is 1. The van der Waals surface area contributed by atoms with Crippen LogP contribution in [0.2, 0.25) is 0 Å². The van der Waals surface area contributed by atoms with Crippen LogP contribution in [0.25, 0.3) is 0 Å². The summed E-state index contributed by atoms with van der Waals surface area (Å²) in [6.45, 7) is 12.9. The molecule has 0 spiro atoms. The molecule has 16 heteroatoms. The standard InChI is InChI=1S/C28H40N6O9S/c1-18-9-12-20(13-10-18)44(39,40)33-21-14-11-19(2)34(23(21)36)17-22(35)29-15-16-41-32-24(30-25(37)42-27(3,4)5)31-26(38)43-28(6,7)8/h9-14,33H,15-17H2,1-8H3,(H,29,35)(H2,30,31,32,37,38)/p+1. The zero-order chi connectivity index (χ0) is 33.3. The number of nitrogens with zero attached hydrogens (tertiary/aromatic N) is 2. The summed E-state index contributed by atoms with van der Waals surface area (Å²) >= 11 is 0. The third-order valence-electron chi connectivity index (χ3n) is 5.24. The molecule has 2 aromatic rings. The van der Waals surface area contributed by atoms with Crippen LogP contribution in [0.3, 0.4) is 0 Å². The fraction of sp³-hybridized carbons (Fsp3) is 0.464. The fourth-order valence-corrected chi connectivity index (χ4v) is 4.38. The van der Waals surface area contributed by atoms with Gasteiger partial charge in [-0.1, -0.05) is 17.7 Å². The Balaban J connectivity index is 1.99. The molecule has 0 aliphatic rings. The smallest absolute Gasteiger partial charge is 0.440 e. The number of amides is 3. The lowest BCUT2D eigenvalue weighted by Crippen LogP contribution is -2.91. The molecule has 1 aromatic carbocycles. The number of nitrogens with one attached hydrogen (secondary N) is 3. The van der Waals surface area contributed by atoms with Crippen LogP contribution >= 0.6 is 0 Å². The number of aromatic nitrogens is 1. The number of quaternary nitrogens is 1. The van der Waals surface area contributed by atoms with Gasteiger partial charge in [-0.3, -0.25) is 14.3 Å². The first-order chi connectivity index (χ1) is 20.3. The molecule has 242 valence electrons. The van der Waals surface area contributed by atoms with E-state index in [1.165, 1.54) is 24.3 Å². The second-order valence-corrected chi connectivity index (χ2v) is 13.3. The normalized spacial score (nSPS) is 12.3. The Bertz CT molecular complexity index is 1540. The summed E-state index contributed by atoms with van der Waals surface area (Å²) in [6.07, 6.45) is -1.85. The van der Waals surface area contributed by atoms with Crippen molar-refractivity contribution in [3.05, 3.63) is 58.0 Å². The Morgan fingerprint density at radius 1 is 0.932 bits per heavy atom. The zero-order valence-electron chi connectivity index (χ0n) is 26.1. The molecule has 1 heterocycles. The van der Waals surface area contributed by atoms with Crippen molar-refractivity contribution in [3.8, 4) is 0 Å². The average Bonchev–Trinajstić information content (AvgIpc) is 2.86. The zero-order valence-corrected chi connectivity index (χ0v) is 27.0. The van der Waals surface area contributed by atoms with Crippen LogP contribution in [0.1, 0.15) is 52.8 Å². The molecule has 0 radical (unpaired) electrons. The Morgan fingerprint density at radius 2 is 1.55 bits per heavy atom. The summed E-state index contributed by atoms with van der Waals surface area (Å²) in [5.74, 6) is -0.834. The number of nitrogens with two attached hydrogens (primary N) is 1. The van der Waals surface area contributed by atoms with E-state index < -0.39 is 44.9 Å². The second kappa shape index (κ2) is 14.9. The largest absolute Gasteiger partial charge is 0.443 e. The van der Waals surface area contributed by atoms with Gasteiger partial charge in [-0.05, 0) is 79.7 Å². The van der Waals surface area contributed by atoms with E-state index in [0.717, 1.165) is 15.6 Å². The Morgan fingerprint density at radius 3 is 2.14 bits per heavy atom. The van der Waals surface area contributed by atoms with Crippen LogP contribution in [0, 0.1) is 13.8 Å². The average molecular weight is 638 g/mol. The topological polar surface area (TPSA) is 200 Å². The third-order valence-corrected chi connectivity index (χ3v) is 6.62. The summed E-state index contributed by atoms with van der Waals surface area (Å²) in [4.78, 5) is 58.9. The van der Waals surface area contributed by atoms with Crippen LogP contribution in [-0.2, 0) is 35.7 Å². The number of benzene rings is 1. The van der Waals surface area contributed by atoms with Crippen molar-refractivity contribution in [2.45, 2.75) is 78.0 Å². The number of carbonyl (C=O) groups is 3. The molecular weight excluding hydrogens is 596 g/mol. The molecule has 0 fully saturated rings. The monoisotopic (exact) mass is 637 g/mol. The van der Waals surface area contributed by atoms with Crippen molar-refractivity contribution in [1.29, 1.82) is 0 Å². The maximum Gasteiger partial charge on any atom is 0.440 e. The van der Waals surface area contributed by atoms with Crippen molar-refractivity contribution in [2.75, 3.05) is 17.9 Å². The molecule has 2 rings (SSSR count). The first-order valence-electron chi connectivity index (χ1n) is 13.6. The fourth-order valence-electron chi connectivity index (χ4n) is 3.33. The van der Waals surface area contributed by atoms with Crippen molar-refractivity contribution < 1.29 is 42.6 Å². The van der Waals surface area contributed by atoms with E-state index in [4.69, 9.17) is 14.3 Å². The third kappa shape index (κ3) is 12.5. The Kier molecular flexibility index (Phi) is 12.2. The minimum atomic E-state index is -4.03. The van der Waals surface area contributed by atoms with Gasteiger partial charge >= 0.3 is 18.1 Å². The highest BCUT2D eigenvalue weighted by molar-refractivity contribution is 7.92. The molecule has 3 amide bonds. The van der Waals surface area contributed by atoms with Crippen LogP contribution in [0.4, 0.5) is 15.3 Å². The minimum Gasteiger partial charge on any atom is -0.443 e. The number of hydroxylamine groups is 1. The number of anilines is 1. The summed E-state index contributed by atoms with van der Waals surface area (Å²) in [5.41, 5.74) is -0.233. The summed E-state index contributed by atoms with van der Waals surface area (Å²) in [6, 6.07) is 8.99. The van der Waals surface area contributed by atoms with E-state index in [0.29, 0.717) is 5.69 Å². The molecule has 5 N–H and O–H groups in total. The highest BCUT2D eigenvalue weighted by Gasteiger charge is 2.23. The van der Waals surface area contributed by atoms with Gasteiger partial charge in [-0.2, -0.15) is 4.84 Å². The Labute approximate surface area is 256 Å². The van der Waals surface area contributed by atoms with Crippen LogP contribution in [0.15, 0.2) is 51.1 Å². The number of sulfonamides is 1. The summed E-state index contributed by atoms with van der Waals surface area (Å²) in [7, 11) is -4.03. The molecule has 0 aliphatic heterocycles. The number of aliphatic imine (C=N–C) groups is 1. The molecule has 0 saturated carbocycles. The molecule has 15 nitrogen and oxygen atoms in total. The van der Waals surface area contributed by atoms with Gasteiger partial charge < -0.3 is 19.4 Å². The van der Waals surface area contributed by atoms with Gasteiger partial charge in [0.2, 0.25) is 5.91 Å². The van der Waals surface area contributed by atoms with Crippen molar-refractivity contribution in [3.63, 3.8) is 0 Å². The predicted octanol–water partition coefficient (Wildman–Crippen LogP) is 1.69. The van der Waals surface area contributed by atoms with Crippen LogP contribution in [-0.4, -0.2) is 61.4 Å². The van der Waals surface area contributed by atoms with Gasteiger partial charge in [0.15, 0.2) is 0 Å². The highest BCUT2D eigenvalue weighted by Crippen LogP contribution is 2.15. The first kappa shape index (κ1) is 35.9. The van der Waals surface area contributed by atoms with E-state index in [1.807, 2.05) is 6.92 Å². The van der Waals surface area contributed by atoms with Crippen molar-refractivity contribution in [1.82, 2.24) is 15.2 Å². The number of hydrogen-bond acceptors (Lipinski definition) is 9. The van der Waals surface area contributed by atoms with Gasteiger partial charge in [-0.25, -0.2) is 23.3 Å². The maximum absolute atomic E-state index is 13.0. The SMILES string of the molecule is Cc1ccc(S(=O)(=O)Nc2ccc(C)n(CC(=O)NCCO[NH2+]/C(=N/C(=O)OC(C)(C)C)NC(=O)OC(C)(C)C)c2=O)cc1. The number of hydrogen-bond donors (Lipinski definition) is 4. The highest BCUT2D eigenvalue weighted by atomic mass is 32.2. The lowest BCUT2D eigenvalue weighted by Gasteiger charge is -2.19. The molecular formula is C28H41N6O9S+. The van der Waals surface area contributed by atoms with E-state index >= 15 is 0 Å². The molecule has 0 bridgehead atoms. The molecule has 0 unspecified atom stereocenters. The molecule has 1 aromatic heterocycles. The second-order valence-electron chi connectivity index (χ2n) is 11.6. The van der Waals surface area contributed by atoms with Crippen molar-refractivity contribution >= 4 is 39.8 Å². The lowest BCUT2D eigenvalue weighted by atomic mass is 10.2. The predicted molar refractivity (Wildman–Crippen MR) is 161 cm³/mol. The number of rotatable bonds is 9. The maximum atomic E-state index is 13.0. The van der Waals surface area contributed by atoms with Crippen LogP contribution in [0.5, 0.6) is 0 Å². The molecule has 0 saturated heterocycles. The number of alkyl carbamates (subject to hydrolysis) is 1. The molecule has 44 heavy (non-hydrogen) atoms. The number of guanidine groups is 1. The number of carbonyl (C=O) groups excluding carboxylic acids is 3. The van der Waals surface area contributed by atoms with E-state index in [-0.39, 0.29) is 36.2 Å². The van der Waals surface area contributed by atoms with Gasteiger partial charge in [0.25, 0.3) is 15.6 Å². The Hall–Kier alpha value is -4.28.